The largest absolute Gasteiger partial charge is 1.00 e. The Balaban J connectivity index is 0.000000845. The highest BCUT2D eigenvalue weighted by Gasteiger charge is 2.05. The van der Waals surface area contributed by atoms with Crippen molar-refractivity contribution in [1.82, 2.24) is 0 Å². The third-order valence-electron chi connectivity index (χ3n) is 1.98. The fraction of sp³-hybridized carbons (Fsp3) is 0.100. The Morgan fingerprint density at radius 1 is 1.15 bits per heavy atom. The van der Waals surface area contributed by atoms with Gasteiger partial charge in [0.1, 0.15) is 12.9 Å². The summed E-state index contributed by atoms with van der Waals surface area (Å²) >= 11 is 0. The summed E-state index contributed by atoms with van der Waals surface area (Å²) in [5.74, 6) is -0.163. The van der Waals surface area contributed by atoms with E-state index >= 15 is 0 Å². The van der Waals surface area contributed by atoms with Gasteiger partial charge in [-0.1, -0.05) is 6.07 Å². The highest BCUT2D eigenvalue weighted by Crippen LogP contribution is 2.12. The lowest BCUT2D eigenvalue weighted by atomic mass is 10.2. The average molecular weight is 289 g/mol. The van der Waals surface area contributed by atoms with Crippen molar-refractivity contribution < 1.29 is 32.9 Å². The van der Waals surface area contributed by atoms with Crippen LogP contribution in [0.5, 0.6) is 0 Å². The number of nitrogens with zero attached hydrogens (tertiary/aromatic N) is 1. The Kier molecular flexibility index (Phi) is 3.19. The molecular formula is C10H9FIN. The van der Waals surface area contributed by atoms with E-state index < -0.39 is 0 Å². The second-order valence-electron chi connectivity index (χ2n) is 2.79. The maximum absolute atomic E-state index is 13.2. The second kappa shape index (κ2) is 4.00. The van der Waals surface area contributed by atoms with Gasteiger partial charge in [-0.15, -0.1) is 0 Å². The molecular weight excluding hydrogens is 280 g/mol. The molecule has 1 aromatic carbocycles. The van der Waals surface area contributed by atoms with Crippen molar-refractivity contribution in [3.63, 3.8) is 0 Å². The molecule has 2 aromatic rings. The molecule has 0 spiro atoms. The first-order valence-electron chi connectivity index (χ1n) is 3.82. The number of hydrogen-bond acceptors (Lipinski definition) is 0. The Hall–Kier alpha value is -0.710. The van der Waals surface area contributed by atoms with Gasteiger partial charge in [0.15, 0.2) is 6.20 Å². The molecule has 13 heavy (non-hydrogen) atoms. The first-order valence-corrected chi connectivity index (χ1v) is 3.82. The van der Waals surface area contributed by atoms with Gasteiger partial charge in [0.25, 0.3) is 0 Å². The van der Waals surface area contributed by atoms with Crippen LogP contribution in [0, 0.1) is 5.82 Å². The smallest absolute Gasteiger partial charge is 0.215 e. The third kappa shape index (κ3) is 1.80. The van der Waals surface area contributed by atoms with Crippen molar-refractivity contribution in [2.45, 2.75) is 0 Å². The molecule has 0 atom stereocenters. The van der Waals surface area contributed by atoms with Crippen LogP contribution in [0.1, 0.15) is 0 Å². The summed E-state index contributed by atoms with van der Waals surface area (Å²) in [5, 5.41) is 0.669. The van der Waals surface area contributed by atoms with Crippen LogP contribution in [0.3, 0.4) is 0 Å². The van der Waals surface area contributed by atoms with Crippen molar-refractivity contribution in [2.24, 2.45) is 7.05 Å². The fourth-order valence-electron chi connectivity index (χ4n) is 1.35. The molecule has 0 amide bonds. The number of aromatic nitrogens is 1. The van der Waals surface area contributed by atoms with E-state index in [1.807, 2.05) is 29.9 Å². The first-order chi connectivity index (χ1) is 5.79. The van der Waals surface area contributed by atoms with Gasteiger partial charge in [0.2, 0.25) is 5.52 Å². The zero-order valence-corrected chi connectivity index (χ0v) is 9.32. The normalized spacial score (nSPS) is 9.69. The maximum atomic E-state index is 13.2. The van der Waals surface area contributed by atoms with Gasteiger partial charge < -0.3 is 24.0 Å². The number of pyridine rings is 1. The Bertz CT molecular complexity index is 387. The summed E-state index contributed by atoms with van der Waals surface area (Å²) in [5.41, 5.74) is 0.914. The molecule has 0 aliphatic carbocycles. The van der Waals surface area contributed by atoms with Gasteiger partial charge in [-0.25, -0.2) is 8.96 Å². The van der Waals surface area contributed by atoms with Crippen molar-refractivity contribution in [3.05, 3.63) is 42.3 Å². The molecule has 0 fully saturated rings. The Morgan fingerprint density at radius 3 is 2.62 bits per heavy atom. The molecule has 0 unspecified atom stereocenters. The van der Waals surface area contributed by atoms with E-state index in [4.69, 9.17) is 0 Å². The monoisotopic (exact) mass is 289 g/mol. The van der Waals surface area contributed by atoms with E-state index in [-0.39, 0.29) is 29.8 Å². The summed E-state index contributed by atoms with van der Waals surface area (Å²) in [7, 11) is 1.90. The van der Waals surface area contributed by atoms with Gasteiger partial charge in [-0.05, 0) is 12.1 Å². The minimum Gasteiger partial charge on any atom is -1.00 e. The quantitative estimate of drug-likeness (QED) is 0.424. The number of fused-ring (bicyclic) bond motifs is 1. The van der Waals surface area contributed by atoms with Crippen LogP contribution in [0.15, 0.2) is 36.5 Å². The van der Waals surface area contributed by atoms with E-state index in [0.717, 1.165) is 5.52 Å². The molecule has 0 N–H and O–H groups in total. The molecule has 3 heteroatoms. The number of hydrogen-bond donors (Lipinski definition) is 0. The Labute approximate surface area is 93.2 Å². The molecule has 1 nitrogen and oxygen atoms in total. The zero-order chi connectivity index (χ0) is 8.55. The SMILES string of the molecule is C[n+]1cccc2c(F)cccc21.[I-]. The topological polar surface area (TPSA) is 3.88 Å². The number of rotatable bonds is 0. The van der Waals surface area contributed by atoms with Crippen LogP contribution >= 0.6 is 0 Å². The Morgan fingerprint density at radius 2 is 1.92 bits per heavy atom. The van der Waals surface area contributed by atoms with Crippen LogP contribution in [0.2, 0.25) is 0 Å². The minimum absolute atomic E-state index is 0. The van der Waals surface area contributed by atoms with Crippen LogP contribution < -0.4 is 28.5 Å². The fourth-order valence-corrected chi connectivity index (χ4v) is 1.35. The van der Waals surface area contributed by atoms with Gasteiger partial charge in [0.05, 0.1) is 5.39 Å². The molecule has 2 rings (SSSR count). The molecule has 0 radical (unpaired) electrons. The highest BCUT2D eigenvalue weighted by atomic mass is 127. The van der Waals surface area contributed by atoms with E-state index in [2.05, 4.69) is 0 Å². The zero-order valence-electron chi connectivity index (χ0n) is 7.17. The summed E-state index contributed by atoms with van der Waals surface area (Å²) < 4.78 is 15.1. The van der Waals surface area contributed by atoms with Gasteiger partial charge in [0, 0.05) is 12.1 Å². The number of halogens is 2. The van der Waals surface area contributed by atoms with E-state index in [0.29, 0.717) is 5.39 Å². The molecule has 0 bridgehead atoms. The van der Waals surface area contributed by atoms with Crippen molar-refractivity contribution >= 4 is 10.9 Å². The molecule has 0 aliphatic rings. The molecule has 1 aromatic heterocycles. The maximum Gasteiger partial charge on any atom is 0.215 e. The summed E-state index contributed by atoms with van der Waals surface area (Å²) in [6.07, 6.45) is 1.90. The standard InChI is InChI=1S/C10H9FN.HI/c1-12-7-3-4-8-9(11)5-2-6-10(8)12;/h2-7H,1H3;1H/q+1;/p-1. The summed E-state index contributed by atoms with van der Waals surface area (Å²) in [6, 6.07) is 8.72. The highest BCUT2D eigenvalue weighted by molar-refractivity contribution is 5.75. The lowest BCUT2D eigenvalue weighted by molar-refractivity contribution is -0.644. The predicted molar refractivity (Wildman–Crippen MR) is 45.1 cm³/mol. The molecule has 0 saturated carbocycles. The second-order valence-corrected chi connectivity index (χ2v) is 2.79. The van der Waals surface area contributed by atoms with Gasteiger partial charge in [-0.3, -0.25) is 0 Å². The van der Waals surface area contributed by atoms with Gasteiger partial charge in [-0.2, -0.15) is 0 Å². The van der Waals surface area contributed by atoms with Crippen LogP contribution in [-0.2, 0) is 7.05 Å². The van der Waals surface area contributed by atoms with Gasteiger partial charge >= 0.3 is 0 Å². The lowest BCUT2D eigenvalue weighted by Gasteiger charge is -1.95. The number of benzene rings is 1. The van der Waals surface area contributed by atoms with Crippen molar-refractivity contribution in [1.29, 1.82) is 0 Å². The van der Waals surface area contributed by atoms with E-state index in [1.54, 1.807) is 12.1 Å². The molecule has 1 heterocycles. The van der Waals surface area contributed by atoms with E-state index in [9.17, 15) is 4.39 Å². The minimum atomic E-state index is -0.163. The van der Waals surface area contributed by atoms with E-state index in [1.165, 1.54) is 6.07 Å². The van der Waals surface area contributed by atoms with Crippen LogP contribution in [0.25, 0.3) is 10.9 Å². The first kappa shape index (κ1) is 10.4. The van der Waals surface area contributed by atoms with Crippen LogP contribution in [0.4, 0.5) is 4.39 Å². The molecule has 0 saturated heterocycles. The molecule has 0 aliphatic heterocycles. The third-order valence-corrected chi connectivity index (χ3v) is 1.98. The lowest BCUT2D eigenvalue weighted by Crippen LogP contribution is -3.00. The van der Waals surface area contributed by atoms with Crippen molar-refractivity contribution in [2.75, 3.05) is 0 Å². The van der Waals surface area contributed by atoms with Crippen molar-refractivity contribution in [3.8, 4) is 0 Å². The van der Waals surface area contributed by atoms with Crippen LogP contribution in [-0.4, -0.2) is 0 Å². The predicted octanol–water partition coefficient (Wildman–Crippen LogP) is -1.19. The number of aryl methyl sites for hydroxylation is 1. The summed E-state index contributed by atoms with van der Waals surface area (Å²) in [6.45, 7) is 0. The molecule has 68 valence electrons. The summed E-state index contributed by atoms with van der Waals surface area (Å²) in [4.78, 5) is 0. The average Bonchev–Trinajstić information content (AvgIpc) is 2.07.